The first-order valence-electron chi connectivity index (χ1n) is 17.2. The molecule has 0 aromatic carbocycles. The second-order valence-corrected chi connectivity index (χ2v) is 13.1. The van der Waals surface area contributed by atoms with Gasteiger partial charge >= 0.3 is 0 Å². The summed E-state index contributed by atoms with van der Waals surface area (Å²) in [5, 5.41) is 196. The Balaban J connectivity index is 0.000000574. The van der Waals surface area contributed by atoms with Crippen molar-refractivity contribution in [2.75, 3.05) is 39.6 Å². The number of ether oxygens (including phenoxy) is 5. The van der Waals surface area contributed by atoms with Crippen LogP contribution in [0.4, 0.5) is 0 Å². The van der Waals surface area contributed by atoms with E-state index in [9.17, 15) is 65.8 Å². The minimum Gasteiger partial charge on any atom is -0.394 e. The normalized spacial score (nSPS) is 39.3. The molecule has 0 aromatic heterocycles. The van der Waals surface area contributed by atoms with Crippen LogP contribution in [0.5, 0.6) is 0 Å². The molecule has 3 saturated heterocycles. The lowest BCUT2D eigenvalue weighted by Crippen LogP contribution is -2.63. The van der Waals surface area contributed by atoms with Gasteiger partial charge in [-0.1, -0.05) is 0 Å². The Morgan fingerprint density at radius 3 is 1.31 bits per heavy atom. The Morgan fingerprint density at radius 1 is 0.517 bits per heavy atom. The second-order valence-electron chi connectivity index (χ2n) is 13.1. The van der Waals surface area contributed by atoms with Gasteiger partial charge in [-0.25, -0.2) is 0 Å². The van der Waals surface area contributed by atoms with Crippen molar-refractivity contribution in [1.82, 2.24) is 0 Å². The molecule has 3 aliphatic rings. The second kappa shape index (κ2) is 25.3. The van der Waals surface area contributed by atoms with Gasteiger partial charge in [-0.05, 0) is 0 Å². The van der Waals surface area contributed by atoms with Crippen LogP contribution in [-0.4, -0.2) is 294 Å². The van der Waals surface area contributed by atoms with E-state index in [1.54, 1.807) is 0 Å². The Kier molecular flexibility index (Phi) is 23.7. The summed E-state index contributed by atoms with van der Waals surface area (Å²) in [4.78, 5) is 19.8. The van der Waals surface area contributed by atoms with E-state index in [0.29, 0.717) is 0 Å². The number of aldehydes is 2. The first kappa shape index (κ1) is 54.3. The Labute approximate surface area is 327 Å². The molecule has 3 aliphatic heterocycles. The third kappa shape index (κ3) is 13.7. The summed E-state index contributed by atoms with van der Waals surface area (Å²) in [5.41, 5.74) is 0. The van der Waals surface area contributed by atoms with E-state index >= 15 is 0 Å². The maximum atomic E-state index is 10.3. The van der Waals surface area contributed by atoms with Gasteiger partial charge in [-0.3, -0.25) is 0 Å². The number of hydrogen-bond acceptors (Lipinski definition) is 28. The predicted octanol–water partition coefficient (Wildman–Crippen LogP) is -14.3. The first-order chi connectivity index (χ1) is 27.1. The van der Waals surface area contributed by atoms with Gasteiger partial charge in [0.2, 0.25) is 5.79 Å². The maximum absolute atomic E-state index is 10.3. The highest BCUT2D eigenvalue weighted by atomic mass is 16.8. The van der Waals surface area contributed by atoms with E-state index in [4.69, 9.17) is 74.7 Å². The number of carbonyl (C=O) groups excluding carboxylic acids is 2. The average molecular weight is 865 g/mol. The zero-order chi connectivity index (χ0) is 44.8. The average Bonchev–Trinajstić information content (AvgIpc) is 3.48. The van der Waals surface area contributed by atoms with E-state index in [1.807, 2.05) is 0 Å². The summed E-state index contributed by atoms with van der Waals surface area (Å²) < 4.78 is 26.4. The summed E-state index contributed by atoms with van der Waals surface area (Å²) in [6, 6.07) is 0. The van der Waals surface area contributed by atoms with Crippen molar-refractivity contribution in [3.63, 3.8) is 0 Å². The van der Waals surface area contributed by atoms with Gasteiger partial charge in [0.15, 0.2) is 25.2 Å². The molecule has 0 aliphatic carbocycles. The van der Waals surface area contributed by atoms with Crippen molar-refractivity contribution < 1.29 is 141 Å². The maximum Gasteiger partial charge on any atom is 0.224 e. The topological polar surface area (TPSA) is 505 Å². The summed E-state index contributed by atoms with van der Waals surface area (Å²) in [5.74, 6) is -2.36. The molecule has 28 heteroatoms. The monoisotopic (exact) mass is 864 g/mol. The highest BCUT2D eigenvalue weighted by Gasteiger charge is 2.58. The van der Waals surface area contributed by atoms with Crippen LogP contribution in [0.3, 0.4) is 0 Å². The Morgan fingerprint density at radius 2 is 0.931 bits per heavy atom. The van der Waals surface area contributed by atoms with Crippen LogP contribution < -0.4 is 0 Å². The van der Waals surface area contributed by atoms with Crippen LogP contribution >= 0.6 is 0 Å². The molecule has 0 saturated carbocycles. The van der Waals surface area contributed by atoms with Crippen molar-refractivity contribution in [2.24, 2.45) is 0 Å². The number of aliphatic hydroxyl groups is 21. The summed E-state index contributed by atoms with van der Waals surface area (Å²) in [6.45, 7) is -4.66. The van der Waals surface area contributed by atoms with Crippen LogP contribution in [0, 0.1) is 0 Å². The van der Waals surface area contributed by atoms with Crippen molar-refractivity contribution in [3.05, 3.63) is 0 Å². The van der Waals surface area contributed by atoms with E-state index < -0.39 is 174 Å². The molecule has 3 rings (SSSR count). The molecule has 28 nitrogen and oxygen atoms in total. The standard InChI is InChI=1S/C18H32O16.2C6H12O6/c19-1-5-8(22)11(25)13(27)16(31-5)30-3-7-9(23)12(26)14(28)17(32-7)34-18(4-21)15(29)10(24)6(2-20)33-18;2*7-1-3(9)5(11)6(12)4(10)2-8/h5-17,19-29H,1-4H2;2*1,3-6,8-12H,2H2/t5-,6-,7-,8+,9-,10-,11+,12+,13-,14-,15+,16+,17-,18+;3-,4+,5+,6+;3-,4+,5+,6-/m100/s1. The molecule has 58 heavy (non-hydrogen) atoms. The fraction of sp³-hybridized carbons (Fsp3) is 0.933. The number of carbonyl (C=O) groups is 2. The van der Waals surface area contributed by atoms with Crippen molar-refractivity contribution in [3.8, 4) is 0 Å². The van der Waals surface area contributed by atoms with Gasteiger partial charge in [0.1, 0.15) is 123 Å². The zero-order valence-electron chi connectivity index (χ0n) is 30.3. The van der Waals surface area contributed by atoms with E-state index in [0.717, 1.165) is 0 Å². The molecule has 3 heterocycles. The summed E-state index contributed by atoms with van der Waals surface area (Å²) in [7, 11) is 0. The van der Waals surface area contributed by atoms with Crippen molar-refractivity contribution >= 4 is 12.6 Å². The van der Waals surface area contributed by atoms with Gasteiger partial charge in [0.05, 0.1) is 33.0 Å². The molecule has 0 unspecified atom stereocenters. The molecule has 0 amide bonds. The van der Waals surface area contributed by atoms with Gasteiger partial charge < -0.3 is 141 Å². The van der Waals surface area contributed by atoms with Crippen molar-refractivity contribution in [2.45, 2.75) is 134 Å². The lowest BCUT2D eigenvalue weighted by atomic mass is 9.98. The highest BCUT2D eigenvalue weighted by molar-refractivity contribution is 5.57. The SMILES string of the molecule is O=C[C@H](O)[C@@H](O)[C@@H](O)[C@H](O)CO.O=C[C@H](O)[C@@H](O)[C@H](O)[C@H](O)CO.OC[C@H]1O[C@H](OC[C@H]2O[C@H](O[C@]3(CO)O[C@H](CO)[C@@H](O)[C@@H]3O)[C@H](O)[C@@H](O)[C@@H]2O)[C@H](O)[C@@H](O)[C@H]1O. The van der Waals surface area contributed by atoms with Crippen LogP contribution in [-0.2, 0) is 33.3 Å². The first-order valence-corrected chi connectivity index (χ1v) is 17.2. The van der Waals surface area contributed by atoms with Crippen LogP contribution in [0.15, 0.2) is 0 Å². The number of rotatable bonds is 18. The minimum atomic E-state index is -2.36. The summed E-state index contributed by atoms with van der Waals surface area (Å²) in [6.07, 6.45) is -35.4. The molecule has 22 atom stereocenters. The van der Waals surface area contributed by atoms with Crippen LogP contribution in [0.1, 0.15) is 0 Å². The zero-order valence-corrected chi connectivity index (χ0v) is 30.3. The van der Waals surface area contributed by atoms with Gasteiger partial charge in [-0.15, -0.1) is 0 Å². The van der Waals surface area contributed by atoms with Crippen LogP contribution in [0.2, 0.25) is 0 Å². The smallest absolute Gasteiger partial charge is 0.224 e. The predicted molar refractivity (Wildman–Crippen MR) is 176 cm³/mol. The van der Waals surface area contributed by atoms with Gasteiger partial charge in [0.25, 0.3) is 0 Å². The molecule has 0 bridgehead atoms. The Hall–Kier alpha value is -1.70. The molecule has 0 spiro atoms. The fourth-order valence-electron chi connectivity index (χ4n) is 5.25. The van der Waals surface area contributed by atoms with Gasteiger partial charge in [0, 0.05) is 0 Å². The summed E-state index contributed by atoms with van der Waals surface area (Å²) >= 11 is 0. The Bertz CT molecular complexity index is 1130. The highest BCUT2D eigenvalue weighted by Crippen LogP contribution is 2.36. The quantitative estimate of drug-likeness (QED) is 0.0569. The number of hydrogen-bond donors (Lipinski definition) is 21. The molecule has 344 valence electrons. The van der Waals surface area contributed by atoms with Crippen molar-refractivity contribution in [1.29, 1.82) is 0 Å². The minimum absolute atomic E-state index is 0.0258. The van der Waals surface area contributed by atoms with Gasteiger partial charge in [-0.2, -0.15) is 0 Å². The fourth-order valence-corrected chi connectivity index (χ4v) is 5.25. The van der Waals surface area contributed by atoms with E-state index in [-0.39, 0.29) is 12.6 Å². The molecule has 21 N–H and O–H groups in total. The third-order valence-electron chi connectivity index (χ3n) is 9.00. The molecular formula is C30H56O28. The number of aliphatic hydroxyl groups excluding tert-OH is 21. The third-order valence-corrected chi connectivity index (χ3v) is 9.00. The molecular weight excluding hydrogens is 808 g/mol. The molecule has 0 aromatic rings. The molecule has 0 radical (unpaired) electrons. The van der Waals surface area contributed by atoms with E-state index in [1.165, 1.54) is 0 Å². The van der Waals surface area contributed by atoms with E-state index in [2.05, 4.69) is 0 Å². The lowest BCUT2D eigenvalue weighted by molar-refractivity contribution is -0.388. The lowest BCUT2D eigenvalue weighted by Gasteiger charge is -2.44. The molecule has 3 fully saturated rings. The van der Waals surface area contributed by atoms with Crippen LogP contribution in [0.25, 0.3) is 0 Å². The largest absolute Gasteiger partial charge is 0.394 e.